The van der Waals surface area contributed by atoms with Crippen molar-refractivity contribution in [1.82, 2.24) is 5.32 Å². The first-order valence-electron chi connectivity index (χ1n) is 6.72. The van der Waals surface area contributed by atoms with Crippen molar-refractivity contribution >= 4 is 5.57 Å². The molecule has 0 spiro atoms. The van der Waals surface area contributed by atoms with Gasteiger partial charge in [0.15, 0.2) is 0 Å². The van der Waals surface area contributed by atoms with Crippen LogP contribution in [0.25, 0.3) is 5.57 Å². The maximum Gasteiger partial charge on any atom is -0.00204 e. The smallest absolute Gasteiger partial charge is 0.00204 e. The molecule has 0 aliphatic carbocycles. The van der Waals surface area contributed by atoms with Crippen LogP contribution in [-0.4, -0.2) is 13.1 Å². The minimum Gasteiger partial charge on any atom is -0.316 e. The van der Waals surface area contributed by atoms with Gasteiger partial charge in [0.25, 0.3) is 0 Å². The SMILES string of the molecule is C=C(C)c1ccccc1CCC1CCCNC1. The highest BCUT2D eigenvalue weighted by Gasteiger charge is 2.13. The molecule has 1 N–H and O–H groups in total. The summed E-state index contributed by atoms with van der Waals surface area (Å²) in [4.78, 5) is 0. The van der Waals surface area contributed by atoms with Crippen LogP contribution in [0, 0.1) is 5.92 Å². The fourth-order valence-corrected chi connectivity index (χ4v) is 2.68. The Bertz CT molecular complexity index is 375. The van der Waals surface area contributed by atoms with Crippen LogP contribution in [0.3, 0.4) is 0 Å². The third kappa shape index (κ3) is 3.44. The first-order chi connectivity index (χ1) is 8.27. The summed E-state index contributed by atoms with van der Waals surface area (Å²) in [6.07, 6.45) is 5.22. The van der Waals surface area contributed by atoms with E-state index in [2.05, 4.69) is 43.1 Å². The third-order valence-electron chi connectivity index (χ3n) is 3.70. The molecule has 1 saturated heterocycles. The van der Waals surface area contributed by atoms with Crippen LogP contribution in [0.4, 0.5) is 0 Å². The molecule has 92 valence electrons. The summed E-state index contributed by atoms with van der Waals surface area (Å²) in [7, 11) is 0. The molecular formula is C16H23N. The monoisotopic (exact) mass is 229 g/mol. The summed E-state index contributed by atoms with van der Waals surface area (Å²) in [6.45, 7) is 8.58. The number of hydrogen-bond donors (Lipinski definition) is 1. The molecule has 0 aromatic heterocycles. The van der Waals surface area contributed by atoms with E-state index in [0.29, 0.717) is 0 Å². The quantitative estimate of drug-likeness (QED) is 0.831. The van der Waals surface area contributed by atoms with Crippen molar-refractivity contribution in [3.05, 3.63) is 42.0 Å². The Kier molecular flexibility index (Phi) is 4.38. The van der Waals surface area contributed by atoms with Crippen LogP contribution in [-0.2, 0) is 6.42 Å². The van der Waals surface area contributed by atoms with Crippen molar-refractivity contribution in [1.29, 1.82) is 0 Å². The van der Waals surface area contributed by atoms with E-state index in [-0.39, 0.29) is 0 Å². The van der Waals surface area contributed by atoms with E-state index in [9.17, 15) is 0 Å². The predicted molar refractivity (Wildman–Crippen MR) is 75.1 cm³/mol. The van der Waals surface area contributed by atoms with E-state index in [1.165, 1.54) is 55.5 Å². The van der Waals surface area contributed by atoms with Crippen LogP contribution in [0.5, 0.6) is 0 Å². The highest BCUT2D eigenvalue weighted by atomic mass is 14.9. The van der Waals surface area contributed by atoms with Gasteiger partial charge in [0.05, 0.1) is 0 Å². The Morgan fingerprint density at radius 2 is 2.24 bits per heavy atom. The van der Waals surface area contributed by atoms with E-state index < -0.39 is 0 Å². The molecule has 1 aliphatic heterocycles. The van der Waals surface area contributed by atoms with Gasteiger partial charge in [-0.05, 0) is 62.7 Å². The molecule has 1 aromatic carbocycles. The van der Waals surface area contributed by atoms with Crippen molar-refractivity contribution < 1.29 is 0 Å². The molecule has 0 bridgehead atoms. The average molecular weight is 229 g/mol. The molecule has 0 saturated carbocycles. The summed E-state index contributed by atoms with van der Waals surface area (Å²) < 4.78 is 0. The summed E-state index contributed by atoms with van der Waals surface area (Å²) in [5.41, 5.74) is 3.99. The van der Waals surface area contributed by atoms with Crippen molar-refractivity contribution in [2.75, 3.05) is 13.1 Å². The molecule has 1 aromatic rings. The third-order valence-corrected chi connectivity index (χ3v) is 3.70. The lowest BCUT2D eigenvalue weighted by Crippen LogP contribution is -2.29. The first-order valence-corrected chi connectivity index (χ1v) is 6.72. The van der Waals surface area contributed by atoms with Gasteiger partial charge >= 0.3 is 0 Å². The van der Waals surface area contributed by atoms with Crippen molar-refractivity contribution in [2.24, 2.45) is 5.92 Å². The molecule has 1 aliphatic rings. The number of piperidine rings is 1. The van der Waals surface area contributed by atoms with Gasteiger partial charge < -0.3 is 5.32 Å². The minimum absolute atomic E-state index is 0.863. The van der Waals surface area contributed by atoms with Gasteiger partial charge in [-0.2, -0.15) is 0 Å². The fourth-order valence-electron chi connectivity index (χ4n) is 2.68. The molecule has 1 heteroatoms. The number of aryl methyl sites for hydroxylation is 1. The Morgan fingerprint density at radius 3 is 2.94 bits per heavy atom. The molecular weight excluding hydrogens is 206 g/mol. The Morgan fingerprint density at radius 1 is 1.41 bits per heavy atom. The lowest BCUT2D eigenvalue weighted by molar-refractivity contribution is 0.358. The second-order valence-electron chi connectivity index (χ2n) is 5.19. The highest BCUT2D eigenvalue weighted by molar-refractivity contribution is 5.64. The normalized spacial score (nSPS) is 20.2. The molecule has 1 atom stereocenters. The number of hydrogen-bond acceptors (Lipinski definition) is 1. The van der Waals surface area contributed by atoms with Crippen LogP contribution in [0.1, 0.15) is 37.3 Å². The lowest BCUT2D eigenvalue weighted by Gasteiger charge is -2.23. The Labute approximate surface area is 105 Å². The largest absolute Gasteiger partial charge is 0.316 e. The zero-order chi connectivity index (χ0) is 12.1. The summed E-state index contributed by atoms with van der Waals surface area (Å²) in [5.74, 6) is 0.863. The van der Waals surface area contributed by atoms with Crippen LogP contribution in [0.15, 0.2) is 30.8 Å². The first kappa shape index (κ1) is 12.4. The number of rotatable bonds is 4. The van der Waals surface area contributed by atoms with Crippen molar-refractivity contribution in [3.63, 3.8) is 0 Å². The second kappa shape index (κ2) is 6.02. The maximum absolute atomic E-state index is 4.07. The summed E-state index contributed by atoms with van der Waals surface area (Å²) >= 11 is 0. The van der Waals surface area contributed by atoms with E-state index in [1.807, 2.05) is 0 Å². The van der Waals surface area contributed by atoms with Crippen LogP contribution in [0.2, 0.25) is 0 Å². The van der Waals surface area contributed by atoms with E-state index in [0.717, 1.165) is 5.92 Å². The van der Waals surface area contributed by atoms with Gasteiger partial charge in [-0.1, -0.05) is 36.4 Å². The maximum atomic E-state index is 4.07. The molecule has 1 heterocycles. The molecule has 17 heavy (non-hydrogen) atoms. The molecule has 0 radical (unpaired) electrons. The zero-order valence-electron chi connectivity index (χ0n) is 10.8. The van der Waals surface area contributed by atoms with Crippen molar-refractivity contribution in [2.45, 2.75) is 32.6 Å². The number of allylic oxidation sites excluding steroid dienone is 1. The van der Waals surface area contributed by atoms with Gasteiger partial charge in [-0.15, -0.1) is 0 Å². The molecule has 1 fully saturated rings. The summed E-state index contributed by atoms with van der Waals surface area (Å²) in [5, 5.41) is 3.49. The van der Waals surface area contributed by atoms with E-state index in [4.69, 9.17) is 0 Å². The summed E-state index contributed by atoms with van der Waals surface area (Å²) in [6, 6.07) is 8.69. The van der Waals surface area contributed by atoms with E-state index in [1.54, 1.807) is 0 Å². The fraction of sp³-hybridized carbons (Fsp3) is 0.500. The van der Waals surface area contributed by atoms with Gasteiger partial charge in [-0.3, -0.25) is 0 Å². The zero-order valence-corrected chi connectivity index (χ0v) is 10.8. The lowest BCUT2D eigenvalue weighted by atomic mass is 9.90. The van der Waals surface area contributed by atoms with Gasteiger partial charge in [0.2, 0.25) is 0 Å². The van der Waals surface area contributed by atoms with Gasteiger partial charge in [-0.25, -0.2) is 0 Å². The van der Waals surface area contributed by atoms with Gasteiger partial charge in [0, 0.05) is 0 Å². The van der Waals surface area contributed by atoms with Crippen LogP contribution >= 0.6 is 0 Å². The topological polar surface area (TPSA) is 12.0 Å². The van der Waals surface area contributed by atoms with E-state index >= 15 is 0 Å². The average Bonchev–Trinajstić information content (AvgIpc) is 2.38. The Balaban J connectivity index is 1.96. The van der Waals surface area contributed by atoms with Gasteiger partial charge in [0.1, 0.15) is 0 Å². The minimum atomic E-state index is 0.863. The standard InChI is InChI=1S/C16H23N/c1-13(2)16-8-4-3-7-15(16)10-9-14-6-5-11-17-12-14/h3-4,7-8,14,17H,1,5-6,9-12H2,2H3. The number of benzene rings is 1. The molecule has 1 nitrogen and oxygen atoms in total. The van der Waals surface area contributed by atoms with Crippen LogP contribution < -0.4 is 5.32 Å². The second-order valence-corrected chi connectivity index (χ2v) is 5.19. The molecule has 0 amide bonds. The number of nitrogens with one attached hydrogen (secondary N) is 1. The molecule has 1 unspecified atom stereocenters. The van der Waals surface area contributed by atoms with Crippen molar-refractivity contribution in [3.8, 4) is 0 Å². The highest BCUT2D eigenvalue weighted by Crippen LogP contribution is 2.22. The predicted octanol–water partition coefficient (Wildman–Crippen LogP) is 3.65. The Hall–Kier alpha value is -1.08. The molecule has 2 rings (SSSR count).